The second-order valence-electron chi connectivity index (χ2n) is 6.76. The maximum atomic E-state index is 12.4. The lowest BCUT2D eigenvalue weighted by Gasteiger charge is -2.15. The minimum atomic E-state index is -0.777. The van der Waals surface area contributed by atoms with Crippen molar-refractivity contribution < 1.29 is 14.3 Å². The van der Waals surface area contributed by atoms with Crippen molar-refractivity contribution in [1.82, 2.24) is 15.1 Å². The van der Waals surface area contributed by atoms with Crippen molar-refractivity contribution >= 4 is 22.6 Å². The SMILES string of the molecule is CCCC[C@@H](CC)CNC(=O)COC(=O)Cn1[nH]c(=O)c2ccccc2c1=O. The lowest BCUT2D eigenvalue weighted by molar-refractivity contribution is -0.149. The number of carbonyl (C=O) groups excluding carboxylic acids is 2. The molecule has 0 unspecified atom stereocenters. The average Bonchev–Trinajstić information content (AvgIpc) is 2.70. The van der Waals surface area contributed by atoms with Crippen LogP contribution in [0.3, 0.4) is 0 Å². The molecule has 0 radical (unpaired) electrons. The van der Waals surface area contributed by atoms with Crippen molar-refractivity contribution in [2.24, 2.45) is 5.92 Å². The monoisotopic (exact) mass is 389 g/mol. The Hall–Kier alpha value is -2.90. The molecule has 8 nitrogen and oxygen atoms in total. The van der Waals surface area contributed by atoms with Crippen molar-refractivity contribution in [3.63, 3.8) is 0 Å². The Morgan fingerprint density at radius 3 is 2.57 bits per heavy atom. The van der Waals surface area contributed by atoms with Gasteiger partial charge in [-0.15, -0.1) is 0 Å². The van der Waals surface area contributed by atoms with Gasteiger partial charge in [-0.3, -0.25) is 24.3 Å². The van der Waals surface area contributed by atoms with Crippen LogP contribution in [0, 0.1) is 5.92 Å². The molecule has 1 aromatic heterocycles. The molecule has 2 N–H and O–H groups in total. The van der Waals surface area contributed by atoms with Gasteiger partial charge >= 0.3 is 5.97 Å². The van der Waals surface area contributed by atoms with E-state index in [9.17, 15) is 19.2 Å². The van der Waals surface area contributed by atoms with Crippen LogP contribution in [0.15, 0.2) is 33.9 Å². The topological polar surface area (TPSA) is 110 Å². The summed E-state index contributed by atoms with van der Waals surface area (Å²) < 4.78 is 5.82. The molecule has 28 heavy (non-hydrogen) atoms. The van der Waals surface area contributed by atoms with Crippen LogP contribution in [0.2, 0.25) is 0 Å². The van der Waals surface area contributed by atoms with Gasteiger partial charge in [-0.05, 0) is 24.5 Å². The highest BCUT2D eigenvalue weighted by Crippen LogP contribution is 2.11. The first-order valence-corrected chi connectivity index (χ1v) is 9.60. The number of nitrogens with one attached hydrogen (secondary N) is 2. The zero-order valence-electron chi connectivity index (χ0n) is 16.3. The predicted octanol–water partition coefficient (Wildman–Crippen LogP) is 1.57. The summed E-state index contributed by atoms with van der Waals surface area (Å²) in [6, 6.07) is 6.34. The summed E-state index contributed by atoms with van der Waals surface area (Å²) in [6.07, 6.45) is 4.24. The first-order valence-electron chi connectivity index (χ1n) is 9.60. The highest BCUT2D eigenvalue weighted by molar-refractivity contribution is 5.81. The zero-order chi connectivity index (χ0) is 20.5. The number of carbonyl (C=O) groups is 2. The first kappa shape index (κ1) is 21.4. The normalized spacial score (nSPS) is 11.9. The Labute approximate surface area is 162 Å². The standard InChI is InChI=1S/C20H27N3O5/c1-3-5-8-14(4-2)11-21-17(24)13-28-18(25)12-23-20(27)16-10-7-6-9-15(16)19(26)22-23/h6-7,9-10,14H,3-5,8,11-13H2,1-2H3,(H,21,24)(H,22,26)/t14-/m1/s1. The Morgan fingerprint density at radius 2 is 1.89 bits per heavy atom. The van der Waals surface area contributed by atoms with Gasteiger partial charge in [0.2, 0.25) is 0 Å². The second-order valence-corrected chi connectivity index (χ2v) is 6.76. The van der Waals surface area contributed by atoms with Crippen molar-refractivity contribution in [1.29, 1.82) is 0 Å². The predicted molar refractivity (Wildman–Crippen MR) is 106 cm³/mol. The molecule has 0 spiro atoms. The highest BCUT2D eigenvalue weighted by Gasteiger charge is 2.13. The summed E-state index contributed by atoms with van der Waals surface area (Å²) >= 11 is 0. The van der Waals surface area contributed by atoms with E-state index in [4.69, 9.17) is 4.74 Å². The number of benzene rings is 1. The number of ether oxygens (including phenoxy) is 1. The number of esters is 1. The molecule has 1 heterocycles. The molecule has 1 atom stereocenters. The van der Waals surface area contributed by atoms with Gasteiger partial charge in [-0.2, -0.15) is 0 Å². The van der Waals surface area contributed by atoms with E-state index >= 15 is 0 Å². The molecule has 0 saturated heterocycles. The summed E-state index contributed by atoms with van der Waals surface area (Å²) in [5, 5.41) is 5.59. The van der Waals surface area contributed by atoms with E-state index in [1.807, 2.05) is 0 Å². The fraction of sp³-hybridized carbons (Fsp3) is 0.500. The smallest absolute Gasteiger partial charge is 0.328 e. The van der Waals surface area contributed by atoms with Gasteiger partial charge in [0.15, 0.2) is 6.61 Å². The lowest BCUT2D eigenvalue weighted by Crippen LogP contribution is -2.35. The van der Waals surface area contributed by atoms with Crippen LogP contribution in [0.25, 0.3) is 10.8 Å². The van der Waals surface area contributed by atoms with Crippen LogP contribution in [-0.2, 0) is 20.9 Å². The number of unbranched alkanes of at least 4 members (excludes halogenated alkanes) is 1. The Bertz CT molecular complexity index is 931. The number of fused-ring (bicyclic) bond motifs is 1. The lowest BCUT2D eigenvalue weighted by atomic mass is 9.99. The third kappa shape index (κ3) is 5.80. The van der Waals surface area contributed by atoms with Crippen molar-refractivity contribution in [2.45, 2.75) is 46.1 Å². The maximum absolute atomic E-state index is 12.4. The molecule has 0 aliphatic carbocycles. The number of aromatic nitrogens is 2. The van der Waals surface area contributed by atoms with Crippen LogP contribution < -0.4 is 16.4 Å². The summed E-state index contributed by atoms with van der Waals surface area (Å²) in [7, 11) is 0. The van der Waals surface area contributed by atoms with E-state index in [1.54, 1.807) is 12.1 Å². The zero-order valence-corrected chi connectivity index (χ0v) is 16.3. The van der Waals surface area contributed by atoms with E-state index in [1.165, 1.54) is 12.1 Å². The van der Waals surface area contributed by atoms with Crippen molar-refractivity contribution in [3.8, 4) is 0 Å². The molecule has 152 valence electrons. The highest BCUT2D eigenvalue weighted by atomic mass is 16.5. The van der Waals surface area contributed by atoms with Crippen molar-refractivity contribution in [3.05, 3.63) is 45.0 Å². The summed E-state index contributed by atoms with van der Waals surface area (Å²) in [4.78, 5) is 48.2. The van der Waals surface area contributed by atoms with Gasteiger partial charge in [0.1, 0.15) is 6.54 Å². The van der Waals surface area contributed by atoms with E-state index in [-0.39, 0.29) is 16.7 Å². The molecule has 8 heteroatoms. The summed E-state index contributed by atoms with van der Waals surface area (Å²) in [5.41, 5.74) is -0.975. The van der Waals surface area contributed by atoms with E-state index in [0.717, 1.165) is 30.4 Å². The van der Waals surface area contributed by atoms with Crippen molar-refractivity contribution in [2.75, 3.05) is 13.2 Å². The van der Waals surface area contributed by atoms with Gasteiger partial charge in [-0.25, -0.2) is 4.68 Å². The van der Waals surface area contributed by atoms with Gasteiger partial charge in [-0.1, -0.05) is 45.2 Å². The Morgan fingerprint density at radius 1 is 1.18 bits per heavy atom. The quantitative estimate of drug-likeness (QED) is 0.599. The number of aromatic amines is 1. The number of rotatable bonds is 10. The molecule has 0 aliphatic heterocycles. The van der Waals surface area contributed by atoms with Gasteiger partial charge in [0.05, 0.1) is 10.8 Å². The maximum Gasteiger partial charge on any atom is 0.328 e. The largest absolute Gasteiger partial charge is 0.454 e. The van der Waals surface area contributed by atoms with E-state index in [2.05, 4.69) is 24.3 Å². The molecule has 0 saturated carbocycles. The molecular weight excluding hydrogens is 362 g/mol. The number of nitrogens with zero attached hydrogens (tertiary/aromatic N) is 1. The van der Waals surface area contributed by atoms with Crippen LogP contribution in [-0.4, -0.2) is 34.8 Å². The molecule has 2 aromatic rings. The van der Waals surface area contributed by atoms with E-state index in [0.29, 0.717) is 12.5 Å². The molecule has 1 amide bonds. The minimum absolute atomic E-state index is 0.217. The summed E-state index contributed by atoms with van der Waals surface area (Å²) in [6.45, 7) is 3.85. The van der Waals surface area contributed by atoms with Crippen LogP contribution >= 0.6 is 0 Å². The number of amides is 1. The first-order chi connectivity index (χ1) is 13.5. The second kappa shape index (κ2) is 10.4. The Balaban J connectivity index is 1.88. The molecule has 1 aromatic carbocycles. The van der Waals surface area contributed by atoms with Gasteiger partial charge < -0.3 is 10.1 Å². The molecule has 0 fully saturated rings. The van der Waals surface area contributed by atoms with Crippen LogP contribution in [0.1, 0.15) is 39.5 Å². The number of hydrogen-bond donors (Lipinski definition) is 2. The van der Waals surface area contributed by atoms with Crippen LogP contribution in [0.4, 0.5) is 0 Å². The molecule has 2 rings (SSSR count). The number of hydrogen-bond acceptors (Lipinski definition) is 5. The molecule has 0 bridgehead atoms. The molecular formula is C20H27N3O5. The average molecular weight is 389 g/mol. The third-order valence-corrected chi connectivity index (χ3v) is 4.67. The third-order valence-electron chi connectivity index (χ3n) is 4.67. The van der Waals surface area contributed by atoms with Gasteiger partial charge in [0, 0.05) is 6.54 Å². The summed E-state index contributed by atoms with van der Waals surface area (Å²) in [5.74, 6) is -0.760. The van der Waals surface area contributed by atoms with Crippen LogP contribution in [0.5, 0.6) is 0 Å². The fourth-order valence-corrected chi connectivity index (χ4v) is 2.93. The Kier molecular flexibility index (Phi) is 7.98. The minimum Gasteiger partial charge on any atom is -0.454 e. The van der Waals surface area contributed by atoms with Gasteiger partial charge in [0.25, 0.3) is 17.0 Å². The number of H-pyrrole nitrogens is 1. The molecule has 0 aliphatic rings. The fourth-order valence-electron chi connectivity index (χ4n) is 2.93. The van der Waals surface area contributed by atoms with E-state index < -0.39 is 30.2 Å².